The summed E-state index contributed by atoms with van der Waals surface area (Å²) in [5.74, 6) is 0.340. The normalized spacial score (nSPS) is 16.5. The van der Waals surface area contributed by atoms with Crippen LogP contribution in [0.1, 0.15) is 43.7 Å². The zero-order chi connectivity index (χ0) is 25.2. The van der Waals surface area contributed by atoms with Gasteiger partial charge in [0.1, 0.15) is 11.4 Å². The molecular weight excluding hydrogens is 513 g/mol. The molecule has 1 fully saturated rings. The quantitative estimate of drug-likeness (QED) is 0.307. The highest BCUT2D eigenvalue weighted by molar-refractivity contribution is 9.10. The molecule has 0 radical (unpaired) electrons. The van der Waals surface area contributed by atoms with E-state index in [0.29, 0.717) is 35.4 Å². The number of nitrogens with one attached hydrogen (secondary N) is 1. The molecule has 0 saturated carbocycles. The van der Waals surface area contributed by atoms with Gasteiger partial charge in [0.15, 0.2) is 6.79 Å². The largest absolute Gasteiger partial charge is 0.468 e. The lowest BCUT2D eigenvalue weighted by Gasteiger charge is -2.32. The lowest BCUT2D eigenvalue weighted by molar-refractivity contribution is 0.00578. The maximum Gasteiger partial charge on any atom is 0.458 e. The van der Waals surface area contributed by atoms with Gasteiger partial charge in [-0.1, -0.05) is 0 Å². The van der Waals surface area contributed by atoms with Crippen molar-refractivity contribution in [3.8, 4) is 5.75 Å². The van der Waals surface area contributed by atoms with Crippen molar-refractivity contribution in [2.75, 3.05) is 19.2 Å². The van der Waals surface area contributed by atoms with Crippen LogP contribution in [0.25, 0.3) is 10.9 Å². The van der Waals surface area contributed by atoms with Crippen LogP contribution in [-0.2, 0) is 20.5 Å². The Hall–Kier alpha value is -2.53. The van der Waals surface area contributed by atoms with E-state index in [1.807, 2.05) is 45.9 Å². The maximum absolute atomic E-state index is 13.1. The molecule has 0 spiro atoms. The van der Waals surface area contributed by atoms with Gasteiger partial charge in [-0.25, -0.2) is 4.98 Å². The molecule has 2 aromatic heterocycles. The van der Waals surface area contributed by atoms with Crippen LogP contribution in [0.15, 0.2) is 47.2 Å². The molecule has 0 unspecified atom stereocenters. The van der Waals surface area contributed by atoms with Crippen molar-refractivity contribution in [3.05, 3.63) is 58.5 Å². The smallest absolute Gasteiger partial charge is 0.458 e. The molecule has 0 atom stereocenters. The number of carbonyl (C=O) groups is 1. The minimum absolute atomic E-state index is 0.132. The summed E-state index contributed by atoms with van der Waals surface area (Å²) in [6.45, 7) is 8.25. The number of halogens is 1. The zero-order valence-corrected chi connectivity index (χ0v) is 22.1. The second-order valence-electron chi connectivity index (χ2n) is 9.44. The summed E-state index contributed by atoms with van der Waals surface area (Å²) in [7, 11) is 1.22. The van der Waals surface area contributed by atoms with Gasteiger partial charge < -0.3 is 24.1 Å². The van der Waals surface area contributed by atoms with Crippen LogP contribution in [0, 0.1) is 0 Å². The Morgan fingerprint density at radius 3 is 2.57 bits per heavy atom. The lowest BCUT2D eigenvalue weighted by atomic mass is 9.81. The van der Waals surface area contributed by atoms with E-state index >= 15 is 0 Å². The fourth-order valence-corrected chi connectivity index (χ4v) is 4.23. The number of aromatic nitrogens is 2. The van der Waals surface area contributed by atoms with Crippen molar-refractivity contribution < 1.29 is 23.6 Å². The Morgan fingerprint density at radius 1 is 1.11 bits per heavy atom. The summed E-state index contributed by atoms with van der Waals surface area (Å²) in [4.78, 5) is 21.8. The first-order valence-electron chi connectivity index (χ1n) is 11.4. The third-order valence-electron chi connectivity index (χ3n) is 6.41. The molecular formula is C25H29BBrN3O5. The van der Waals surface area contributed by atoms with Crippen LogP contribution in [0.2, 0.25) is 6.32 Å². The van der Waals surface area contributed by atoms with E-state index in [1.54, 1.807) is 31.6 Å². The van der Waals surface area contributed by atoms with Gasteiger partial charge in [0, 0.05) is 30.6 Å². The number of hydrogen-bond acceptors (Lipinski definition) is 7. The van der Waals surface area contributed by atoms with Crippen molar-refractivity contribution in [3.63, 3.8) is 0 Å². The number of nitrogens with zero attached hydrogens (tertiary/aromatic N) is 2. The number of rotatable bonds is 8. The summed E-state index contributed by atoms with van der Waals surface area (Å²) in [6, 6.07) is 9.03. The fraction of sp³-hybridized carbons (Fsp3) is 0.400. The number of ether oxygens (including phenoxy) is 2. The van der Waals surface area contributed by atoms with Gasteiger partial charge >= 0.3 is 7.12 Å². The number of benzene rings is 1. The van der Waals surface area contributed by atoms with Crippen molar-refractivity contribution in [1.82, 2.24) is 9.97 Å². The van der Waals surface area contributed by atoms with Crippen LogP contribution in [0.5, 0.6) is 5.75 Å². The number of hydrogen-bond donors (Lipinski definition) is 1. The van der Waals surface area contributed by atoms with Gasteiger partial charge in [0.05, 0.1) is 21.2 Å². The highest BCUT2D eigenvalue weighted by atomic mass is 79.9. The third kappa shape index (κ3) is 5.67. The molecule has 1 N–H and O–H groups in total. The van der Waals surface area contributed by atoms with Crippen molar-refractivity contribution in [2.24, 2.45) is 0 Å². The Bertz CT molecular complexity index is 1220. The standard InChI is InChI=1S/C25H29BBrN3O5/c1-24(2)25(3,4)35-26(34-24)11-10-16-12-18(33-15-32-5)7-9-20(16)30-23(31)21-8-6-17-13-28-14-19(27)22(17)29-21/h6-9,12-14H,10-11,15H2,1-5H3,(H,30,31). The summed E-state index contributed by atoms with van der Waals surface area (Å²) in [6.07, 6.45) is 4.60. The van der Waals surface area contributed by atoms with Gasteiger partial charge in [-0.3, -0.25) is 9.78 Å². The van der Waals surface area contributed by atoms with E-state index in [0.717, 1.165) is 15.4 Å². The Kier molecular flexibility index (Phi) is 7.47. The SMILES string of the molecule is COCOc1ccc(NC(=O)c2ccc3cncc(Br)c3n2)c(CCB2OC(C)(C)C(C)(C)O2)c1. The number of aryl methyl sites for hydroxylation is 1. The predicted molar refractivity (Wildman–Crippen MR) is 139 cm³/mol. The highest BCUT2D eigenvalue weighted by Gasteiger charge is 2.50. The molecule has 1 aromatic carbocycles. The third-order valence-corrected chi connectivity index (χ3v) is 6.99. The fourth-order valence-electron chi connectivity index (χ4n) is 3.79. The van der Waals surface area contributed by atoms with E-state index < -0.39 is 11.2 Å². The average molecular weight is 542 g/mol. The number of methoxy groups -OCH3 is 1. The molecule has 10 heteroatoms. The molecule has 184 valence electrons. The maximum atomic E-state index is 13.1. The molecule has 0 aliphatic carbocycles. The monoisotopic (exact) mass is 541 g/mol. The second kappa shape index (κ2) is 10.2. The summed E-state index contributed by atoms with van der Waals surface area (Å²) >= 11 is 3.45. The zero-order valence-electron chi connectivity index (χ0n) is 20.6. The Morgan fingerprint density at radius 2 is 1.86 bits per heavy atom. The first-order valence-corrected chi connectivity index (χ1v) is 12.2. The van der Waals surface area contributed by atoms with Crippen LogP contribution in [-0.4, -0.2) is 48.1 Å². The van der Waals surface area contributed by atoms with Gasteiger partial charge in [-0.15, -0.1) is 0 Å². The van der Waals surface area contributed by atoms with Gasteiger partial charge in [-0.05, 0) is 92.3 Å². The number of anilines is 1. The van der Waals surface area contributed by atoms with E-state index in [2.05, 4.69) is 31.2 Å². The van der Waals surface area contributed by atoms with Gasteiger partial charge in [0.2, 0.25) is 0 Å². The number of fused-ring (bicyclic) bond motifs is 1. The Balaban J connectivity index is 1.54. The minimum atomic E-state index is -0.399. The van der Waals surface area contributed by atoms with Gasteiger partial charge in [0.25, 0.3) is 5.91 Å². The van der Waals surface area contributed by atoms with Crippen LogP contribution in [0.4, 0.5) is 5.69 Å². The highest BCUT2D eigenvalue weighted by Crippen LogP contribution is 2.38. The van der Waals surface area contributed by atoms with E-state index in [9.17, 15) is 4.79 Å². The predicted octanol–water partition coefficient (Wildman–Crippen LogP) is 5.26. The van der Waals surface area contributed by atoms with Crippen molar-refractivity contribution in [1.29, 1.82) is 0 Å². The molecule has 1 aliphatic heterocycles. The van der Waals surface area contributed by atoms with Gasteiger partial charge in [-0.2, -0.15) is 0 Å². The number of carbonyl (C=O) groups excluding carboxylic acids is 1. The molecule has 0 bridgehead atoms. The Labute approximate surface area is 214 Å². The summed E-state index contributed by atoms with van der Waals surface area (Å²) in [5, 5.41) is 3.85. The molecule has 1 aliphatic rings. The van der Waals surface area contributed by atoms with E-state index in [-0.39, 0.29) is 19.8 Å². The first-order chi connectivity index (χ1) is 16.6. The van der Waals surface area contributed by atoms with Crippen LogP contribution < -0.4 is 10.1 Å². The summed E-state index contributed by atoms with van der Waals surface area (Å²) in [5.41, 5.74) is 1.76. The molecule has 4 rings (SSSR count). The summed E-state index contributed by atoms with van der Waals surface area (Å²) < 4.78 is 23.7. The molecule has 35 heavy (non-hydrogen) atoms. The van der Waals surface area contributed by atoms with E-state index in [1.165, 1.54) is 0 Å². The minimum Gasteiger partial charge on any atom is -0.468 e. The number of pyridine rings is 2. The molecule has 1 saturated heterocycles. The lowest BCUT2D eigenvalue weighted by Crippen LogP contribution is -2.41. The molecule has 1 amide bonds. The van der Waals surface area contributed by atoms with E-state index in [4.69, 9.17) is 18.8 Å². The molecule has 3 heterocycles. The topological polar surface area (TPSA) is 91.8 Å². The first kappa shape index (κ1) is 25.6. The number of amides is 1. The molecule has 3 aromatic rings. The van der Waals surface area contributed by atoms with Crippen LogP contribution >= 0.6 is 15.9 Å². The van der Waals surface area contributed by atoms with Crippen molar-refractivity contribution in [2.45, 2.75) is 51.6 Å². The second-order valence-corrected chi connectivity index (χ2v) is 10.3. The van der Waals surface area contributed by atoms with Crippen molar-refractivity contribution >= 4 is 45.5 Å². The molecule has 8 nitrogen and oxygen atoms in total. The van der Waals surface area contributed by atoms with Crippen LogP contribution in [0.3, 0.4) is 0 Å². The average Bonchev–Trinajstić information content (AvgIpc) is 3.03.